The van der Waals surface area contributed by atoms with Gasteiger partial charge >= 0.3 is 5.97 Å². The molecule has 6 nitrogen and oxygen atoms in total. The van der Waals surface area contributed by atoms with E-state index >= 15 is 0 Å². The highest BCUT2D eigenvalue weighted by molar-refractivity contribution is 5.72. The second-order valence-electron chi connectivity index (χ2n) is 5.01. The Morgan fingerprint density at radius 3 is 2.70 bits per heavy atom. The maximum atomic E-state index is 12.9. The average Bonchev–Trinajstić information content (AvgIpc) is 2.85. The third kappa shape index (κ3) is 3.08. The molecular formula is C16H13FN4O2. The molecule has 3 aromatic rings. The quantitative estimate of drug-likeness (QED) is 0.744. The fourth-order valence-corrected chi connectivity index (χ4v) is 2.22. The molecule has 2 heterocycles. The van der Waals surface area contributed by atoms with Crippen molar-refractivity contribution in [2.75, 3.05) is 0 Å². The number of carboxylic acid groups (broad SMARTS) is 1. The van der Waals surface area contributed by atoms with Crippen LogP contribution in [-0.4, -0.2) is 20.5 Å². The number of carboxylic acids is 1. The van der Waals surface area contributed by atoms with Gasteiger partial charge in [-0.2, -0.15) is 0 Å². The molecule has 0 saturated carbocycles. The Hall–Kier alpha value is -3.09. The summed E-state index contributed by atoms with van der Waals surface area (Å²) >= 11 is 0. The average molecular weight is 312 g/mol. The summed E-state index contributed by atoms with van der Waals surface area (Å²) in [4.78, 5) is 15.4. The predicted octanol–water partition coefficient (Wildman–Crippen LogP) is 3.82. The van der Waals surface area contributed by atoms with E-state index in [-0.39, 0.29) is 12.2 Å². The molecule has 0 saturated heterocycles. The zero-order valence-corrected chi connectivity index (χ0v) is 12.3. The lowest BCUT2D eigenvalue weighted by Gasteiger charge is -1.98. The highest BCUT2D eigenvalue weighted by atomic mass is 19.1. The number of carbonyl (C=O) groups is 1. The number of fused-ring (bicyclic) bond motifs is 1. The number of imidazole rings is 1. The molecule has 0 radical (unpaired) electrons. The minimum Gasteiger partial charge on any atom is -0.481 e. The Morgan fingerprint density at radius 1 is 1.26 bits per heavy atom. The molecule has 0 aliphatic carbocycles. The molecule has 1 aromatic carbocycles. The Balaban J connectivity index is 2.08. The standard InChI is InChI=1S/C16H13FN4O2/c1-10-3-2-8-21-15(10)18-13(9-14(22)23)16(21)20-19-12-6-4-11(17)5-7-12/h2-8H,9H2,1H3,(H,22,23). The van der Waals surface area contributed by atoms with Crippen LogP contribution in [0.2, 0.25) is 0 Å². The molecule has 0 unspecified atom stereocenters. The van der Waals surface area contributed by atoms with Gasteiger partial charge in [0.25, 0.3) is 0 Å². The number of aromatic nitrogens is 2. The first-order valence-corrected chi connectivity index (χ1v) is 6.90. The molecule has 2 aromatic heterocycles. The van der Waals surface area contributed by atoms with Gasteiger partial charge < -0.3 is 5.11 Å². The van der Waals surface area contributed by atoms with Gasteiger partial charge in [-0.3, -0.25) is 9.20 Å². The zero-order valence-electron chi connectivity index (χ0n) is 12.3. The number of nitrogens with zero attached hydrogens (tertiary/aromatic N) is 4. The lowest BCUT2D eigenvalue weighted by Crippen LogP contribution is -2.00. The van der Waals surface area contributed by atoms with Crippen molar-refractivity contribution in [3.8, 4) is 0 Å². The van der Waals surface area contributed by atoms with Crippen LogP contribution in [0.15, 0.2) is 52.8 Å². The summed E-state index contributed by atoms with van der Waals surface area (Å²) in [6, 6.07) is 9.25. The molecule has 0 bridgehead atoms. The van der Waals surface area contributed by atoms with Crippen LogP contribution in [0.5, 0.6) is 0 Å². The topological polar surface area (TPSA) is 79.3 Å². The van der Waals surface area contributed by atoms with Crippen molar-refractivity contribution in [3.05, 3.63) is 59.7 Å². The van der Waals surface area contributed by atoms with E-state index < -0.39 is 5.97 Å². The van der Waals surface area contributed by atoms with E-state index in [1.165, 1.54) is 24.3 Å². The van der Waals surface area contributed by atoms with E-state index in [1.54, 1.807) is 10.6 Å². The van der Waals surface area contributed by atoms with Crippen LogP contribution < -0.4 is 0 Å². The van der Waals surface area contributed by atoms with Crippen LogP contribution in [0.25, 0.3) is 5.65 Å². The van der Waals surface area contributed by atoms with Gasteiger partial charge in [0.1, 0.15) is 11.5 Å². The van der Waals surface area contributed by atoms with Gasteiger partial charge in [-0.25, -0.2) is 9.37 Å². The Kier molecular flexibility index (Phi) is 3.84. The van der Waals surface area contributed by atoms with Gasteiger partial charge in [-0.15, -0.1) is 10.2 Å². The third-order valence-corrected chi connectivity index (χ3v) is 3.29. The lowest BCUT2D eigenvalue weighted by atomic mass is 10.3. The number of aliphatic carboxylic acids is 1. The number of aryl methyl sites for hydroxylation is 1. The summed E-state index contributed by atoms with van der Waals surface area (Å²) in [5.41, 5.74) is 2.34. The number of hydrogen-bond donors (Lipinski definition) is 1. The van der Waals surface area contributed by atoms with Gasteiger partial charge in [0.15, 0.2) is 5.82 Å². The first-order valence-electron chi connectivity index (χ1n) is 6.90. The van der Waals surface area contributed by atoms with Crippen LogP contribution in [0, 0.1) is 12.7 Å². The number of hydrogen-bond acceptors (Lipinski definition) is 4. The van der Waals surface area contributed by atoms with E-state index in [0.717, 1.165) is 5.56 Å². The van der Waals surface area contributed by atoms with Crippen molar-refractivity contribution in [2.24, 2.45) is 10.2 Å². The van der Waals surface area contributed by atoms with E-state index in [0.29, 0.717) is 22.8 Å². The van der Waals surface area contributed by atoms with Gasteiger partial charge in [0.05, 0.1) is 17.8 Å². The van der Waals surface area contributed by atoms with Crippen LogP contribution in [0.4, 0.5) is 15.9 Å². The molecular weight excluding hydrogens is 299 g/mol. The molecule has 23 heavy (non-hydrogen) atoms. The summed E-state index contributed by atoms with van der Waals surface area (Å²) in [6.07, 6.45) is 1.50. The maximum absolute atomic E-state index is 12.9. The highest BCUT2D eigenvalue weighted by Gasteiger charge is 2.15. The maximum Gasteiger partial charge on any atom is 0.309 e. The number of pyridine rings is 1. The fourth-order valence-electron chi connectivity index (χ4n) is 2.22. The summed E-state index contributed by atoms with van der Waals surface area (Å²) < 4.78 is 14.6. The summed E-state index contributed by atoms with van der Waals surface area (Å²) in [5.74, 6) is -0.999. The summed E-state index contributed by atoms with van der Waals surface area (Å²) in [5, 5.41) is 17.2. The van der Waals surface area contributed by atoms with Crippen molar-refractivity contribution in [1.82, 2.24) is 9.38 Å². The largest absolute Gasteiger partial charge is 0.481 e. The van der Waals surface area contributed by atoms with Crippen molar-refractivity contribution in [1.29, 1.82) is 0 Å². The zero-order chi connectivity index (χ0) is 16.4. The van der Waals surface area contributed by atoms with Crippen molar-refractivity contribution < 1.29 is 14.3 Å². The minimum absolute atomic E-state index is 0.251. The van der Waals surface area contributed by atoms with E-state index in [2.05, 4.69) is 15.2 Å². The predicted molar refractivity (Wildman–Crippen MR) is 81.8 cm³/mol. The second kappa shape index (κ2) is 5.96. The molecule has 1 N–H and O–H groups in total. The van der Waals surface area contributed by atoms with Gasteiger partial charge in [-0.05, 0) is 42.8 Å². The first kappa shape index (κ1) is 14.8. The number of rotatable bonds is 4. The molecule has 116 valence electrons. The van der Waals surface area contributed by atoms with E-state index in [4.69, 9.17) is 5.11 Å². The summed E-state index contributed by atoms with van der Waals surface area (Å²) in [7, 11) is 0. The minimum atomic E-state index is -0.996. The van der Waals surface area contributed by atoms with E-state index in [1.807, 2.05) is 19.1 Å². The van der Waals surface area contributed by atoms with Crippen LogP contribution >= 0.6 is 0 Å². The molecule has 0 amide bonds. The van der Waals surface area contributed by atoms with Crippen molar-refractivity contribution in [2.45, 2.75) is 13.3 Å². The molecule has 0 aliphatic rings. The SMILES string of the molecule is Cc1cccn2c(N=Nc3ccc(F)cc3)c(CC(=O)O)nc12. The molecule has 7 heteroatoms. The Labute approximate surface area is 130 Å². The third-order valence-electron chi connectivity index (χ3n) is 3.29. The van der Waals surface area contributed by atoms with Crippen molar-refractivity contribution >= 4 is 23.1 Å². The van der Waals surface area contributed by atoms with Crippen LogP contribution in [0.3, 0.4) is 0 Å². The molecule has 0 aliphatic heterocycles. The monoisotopic (exact) mass is 312 g/mol. The molecule has 0 atom stereocenters. The van der Waals surface area contributed by atoms with Gasteiger partial charge in [-0.1, -0.05) is 6.07 Å². The first-order chi connectivity index (χ1) is 11.0. The second-order valence-corrected chi connectivity index (χ2v) is 5.01. The normalized spacial score (nSPS) is 11.4. The highest BCUT2D eigenvalue weighted by Crippen LogP contribution is 2.26. The number of halogens is 1. The number of azo groups is 1. The fraction of sp³-hybridized carbons (Fsp3) is 0.125. The summed E-state index contributed by atoms with van der Waals surface area (Å²) in [6.45, 7) is 1.88. The molecule has 3 rings (SSSR count). The Morgan fingerprint density at radius 2 is 2.00 bits per heavy atom. The van der Waals surface area contributed by atoms with Crippen LogP contribution in [0.1, 0.15) is 11.3 Å². The van der Waals surface area contributed by atoms with Gasteiger partial charge in [0, 0.05) is 6.20 Å². The van der Waals surface area contributed by atoms with Gasteiger partial charge in [0.2, 0.25) is 0 Å². The van der Waals surface area contributed by atoms with Crippen molar-refractivity contribution in [3.63, 3.8) is 0 Å². The van der Waals surface area contributed by atoms with Crippen LogP contribution in [-0.2, 0) is 11.2 Å². The van der Waals surface area contributed by atoms with E-state index in [9.17, 15) is 9.18 Å². The Bertz CT molecular complexity index is 900. The lowest BCUT2D eigenvalue weighted by molar-refractivity contribution is -0.136. The molecule has 0 fully saturated rings. The number of benzene rings is 1. The smallest absolute Gasteiger partial charge is 0.309 e. The molecule has 0 spiro atoms.